The minimum absolute atomic E-state index is 0.141. The highest BCUT2D eigenvalue weighted by Gasteiger charge is 2.29. The molecule has 25 heavy (non-hydrogen) atoms. The van der Waals surface area contributed by atoms with Gasteiger partial charge in [-0.15, -0.1) is 0 Å². The molecule has 1 heterocycles. The van der Waals surface area contributed by atoms with Crippen LogP contribution < -0.4 is 0 Å². The van der Waals surface area contributed by atoms with Crippen molar-refractivity contribution in [2.75, 3.05) is 7.11 Å². The molecule has 0 atom stereocenters. The van der Waals surface area contributed by atoms with Crippen LogP contribution in [-0.4, -0.2) is 18.7 Å². The number of benzene rings is 2. The van der Waals surface area contributed by atoms with Gasteiger partial charge in [-0.2, -0.15) is 0 Å². The van der Waals surface area contributed by atoms with E-state index in [1.165, 1.54) is 7.11 Å². The number of aliphatic imine (C=N–C) groups is 1. The minimum Gasteiger partial charge on any atom is -0.471 e. The van der Waals surface area contributed by atoms with Crippen molar-refractivity contribution in [1.82, 2.24) is 0 Å². The van der Waals surface area contributed by atoms with Gasteiger partial charge in [0.15, 0.2) is 29.0 Å². The van der Waals surface area contributed by atoms with Gasteiger partial charge in [-0.25, -0.2) is 26.9 Å². The second kappa shape index (κ2) is 6.50. The van der Waals surface area contributed by atoms with Gasteiger partial charge in [0, 0.05) is 5.56 Å². The molecule has 0 spiro atoms. The summed E-state index contributed by atoms with van der Waals surface area (Å²) in [6.07, 6.45) is 0. The lowest BCUT2D eigenvalue weighted by Gasteiger charge is -2.10. The summed E-state index contributed by atoms with van der Waals surface area (Å²) in [5, 5.41) is 3.72. The van der Waals surface area contributed by atoms with Gasteiger partial charge in [0.2, 0.25) is 11.7 Å². The summed E-state index contributed by atoms with van der Waals surface area (Å²) in [6.45, 7) is -0.929. The fraction of sp³-hybridized carbons (Fsp3) is 0.125. The van der Waals surface area contributed by atoms with Gasteiger partial charge in [-0.3, -0.25) is 0 Å². The Labute approximate surface area is 138 Å². The van der Waals surface area contributed by atoms with E-state index in [1.54, 1.807) is 24.3 Å². The Hall–Kier alpha value is -2.97. The van der Waals surface area contributed by atoms with Crippen LogP contribution in [0, 0.1) is 29.1 Å². The number of hydrogen-bond donors (Lipinski definition) is 0. The molecule has 1 aliphatic heterocycles. The van der Waals surface area contributed by atoms with Crippen LogP contribution >= 0.6 is 0 Å². The molecule has 0 bridgehead atoms. The molecule has 0 saturated heterocycles. The zero-order chi connectivity index (χ0) is 18.1. The Balaban J connectivity index is 1.92. The highest BCUT2D eigenvalue weighted by atomic mass is 19.2. The van der Waals surface area contributed by atoms with Gasteiger partial charge in [-0.1, -0.05) is 23.4 Å². The number of fused-ring (bicyclic) bond motifs is 1. The first kappa shape index (κ1) is 16.9. The van der Waals surface area contributed by atoms with Crippen LogP contribution in [0.15, 0.2) is 34.4 Å². The Morgan fingerprint density at radius 2 is 1.52 bits per heavy atom. The average molecular weight is 356 g/mol. The van der Waals surface area contributed by atoms with Crippen LogP contribution in [0.25, 0.3) is 0 Å². The number of oxime groups is 1. The standard InChI is InChI=1S/C16H9F5N2O2/c1-24-23-15-7-4-2-3-5-9(7)22-16(15)25-6-8-10(17)12(19)14(21)13(20)11(8)18/h2-5H,6H2,1H3/b23-15-. The van der Waals surface area contributed by atoms with Crippen molar-refractivity contribution in [2.24, 2.45) is 10.1 Å². The van der Waals surface area contributed by atoms with E-state index in [2.05, 4.69) is 15.0 Å². The van der Waals surface area contributed by atoms with Gasteiger partial charge in [-0.05, 0) is 6.07 Å². The third-order valence-corrected chi connectivity index (χ3v) is 3.42. The zero-order valence-electron chi connectivity index (χ0n) is 12.6. The van der Waals surface area contributed by atoms with Crippen LogP contribution in [0.2, 0.25) is 0 Å². The molecule has 0 unspecified atom stereocenters. The maximum absolute atomic E-state index is 13.7. The lowest BCUT2D eigenvalue weighted by molar-refractivity contribution is 0.212. The van der Waals surface area contributed by atoms with Gasteiger partial charge in [0.05, 0.1) is 11.3 Å². The van der Waals surface area contributed by atoms with Crippen LogP contribution in [0.3, 0.4) is 0 Å². The average Bonchev–Trinajstić information content (AvgIpc) is 2.96. The van der Waals surface area contributed by atoms with Crippen molar-refractivity contribution in [3.8, 4) is 0 Å². The fourth-order valence-corrected chi connectivity index (χ4v) is 2.25. The van der Waals surface area contributed by atoms with Crippen LogP contribution in [0.1, 0.15) is 11.1 Å². The molecule has 0 amide bonds. The van der Waals surface area contributed by atoms with Crippen LogP contribution in [-0.2, 0) is 16.2 Å². The molecule has 0 aliphatic carbocycles. The number of halogens is 5. The van der Waals surface area contributed by atoms with E-state index in [0.717, 1.165) is 0 Å². The largest absolute Gasteiger partial charge is 0.471 e. The summed E-state index contributed by atoms with van der Waals surface area (Å²) in [6, 6.07) is 6.69. The van der Waals surface area contributed by atoms with E-state index >= 15 is 0 Å². The zero-order valence-corrected chi connectivity index (χ0v) is 12.6. The molecule has 2 aromatic carbocycles. The highest BCUT2D eigenvalue weighted by molar-refractivity contribution is 6.49. The molecule has 130 valence electrons. The van der Waals surface area contributed by atoms with Crippen molar-refractivity contribution in [2.45, 2.75) is 6.61 Å². The van der Waals surface area contributed by atoms with E-state index in [1.807, 2.05) is 0 Å². The number of hydrogen-bond acceptors (Lipinski definition) is 4. The van der Waals surface area contributed by atoms with Crippen LogP contribution in [0.4, 0.5) is 27.6 Å². The van der Waals surface area contributed by atoms with Gasteiger partial charge in [0.25, 0.3) is 0 Å². The highest BCUT2D eigenvalue weighted by Crippen LogP contribution is 2.29. The Bertz CT molecular complexity index is 883. The molecular weight excluding hydrogens is 347 g/mol. The number of rotatable bonds is 3. The Morgan fingerprint density at radius 3 is 2.16 bits per heavy atom. The first-order chi connectivity index (χ1) is 12.0. The second-order valence-electron chi connectivity index (χ2n) is 4.89. The quantitative estimate of drug-likeness (QED) is 0.361. The van der Waals surface area contributed by atoms with E-state index in [-0.39, 0.29) is 11.6 Å². The van der Waals surface area contributed by atoms with Crippen molar-refractivity contribution < 1.29 is 31.5 Å². The molecule has 0 N–H and O–H groups in total. The molecule has 4 nitrogen and oxygen atoms in total. The van der Waals surface area contributed by atoms with E-state index < -0.39 is 41.3 Å². The summed E-state index contributed by atoms with van der Waals surface area (Å²) in [5.74, 6) is -10.4. The summed E-state index contributed by atoms with van der Waals surface area (Å²) < 4.78 is 72.0. The van der Waals surface area contributed by atoms with Crippen molar-refractivity contribution >= 4 is 17.3 Å². The maximum Gasteiger partial charge on any atom is 0.245 e. The molecule has 2 aromatic rings. The molecule has 3 rings (SSSR count). The Morgan fingerprint density at radius 1 is 0.920 bits per heavy atom. The molecule has 9 heteroatoms. The molecule has 0 fully saturated rings. The van der Waals surface area contributed by atoms with E-state index in [0.29, 0.717) is 11.3 Å². The predicted octanol–water partition coefficient (Wildman–Crippen LogP) is 3.99. The van der Waals surface area contributed by atoms with Gasteiger partial charge >= 0.3 is 0 Å². The lowest BCUT2D eigenvalue weighted by atomic mass is 10.1. The normalized spacial score (nSPS) is 14.5. The molecule has 1 aliphatic rings. The van der Waals surface area contributed by atoms with Crippen LogP contribution in [0.5, 0.6) is 0 Å². The van der Waals surface area contributed by atoms with Crippen molar-refractivity contribution in [1.29, 1.82) is 0 Å². The molecule has 0 radical (unpaired) electrons. The molecule has 0 aromatic heterocycles. The smallest absolute Gasteiger partial charge is 0.245 e. The van der Waals surface area contributed by atoms with E-state index in [4.69, 9.17) is 4.74 Å². The summed E-state index contributed by atoms with van der Waals surface area (Å²) in [4.78, 5) is 8.74. The third kappa shape index (κ3) is 2.81. The van der Waals surface area contributed by atoms with Crippen molar-refractivity contribution in [3.63, 3.8) is 0 Å². The SMILES string of the molecule is CO/N=C1\C(OCc2c(F)c(F)c(F)c(F)c2F)=Nc2ccccc21. The summed E-state index contributed by atoms with van der Waals surface area (Å²) in [5.41, 5.74) is 0.0382. The summed E-state index contributed by atoms with van der Waals surface area (Å²) in [7, 11) is 1.27. The number of ether oxygens (including phenoxy) is 1. The second-order valence-corrected chi connectivity index (χ2v) is 4.89. The summed E-state index contributed by atoms with van der Waals surface area (Å²) >= 11 is 0. The van der Waals surface area contributed by atoms with E-state index in [9.17, 15) is 22.0 Å². The Kier molecular flexibility index (Phi) is 4.39. The maximum atomic E-state index is 13.7. The van der Waals surface area contributed by atoms with Crippen molar-refractivity contribution in [3.05, 3.63) is 64.5 Å². The predicted molar refractivity (Wildman–Crippen MR) is 78.1 cm³/mol. The first-order valence-electron chi connectivity index (χ1n) is 6.88. The lowest BCUT2D eigenvalue weighted by Crippen LogP contribution is -2.17. The minimum atomic E-state index is -2.23. The number of para-hydroxylation sites is 1. The first-order valence-corrected chi connectivity index (χ1v) is 6.88. The molecule has 0 saturated carbocycles. The topological polar surface area (TPSA) is 43.2 Å². The third-order valence-electron chi connectivity index (χ3n) is 3.42. The molecular formula is C16H9F5N2O2. The monoisotopic (exact) mass is 356 g/mol. The van der Waals surface area contributed by atoms with Gasteiger partial charge < -0.3 is 9.57 Å². The number of nitrogens with zero attached hydrogens (tertiary/aromatic N) is 2. The fourth-order valence-electron chi connectivity index (χ4n) is 2.25. The van der Waals surface area contributed by atoms with Gasteiger partial charge in [0.1, 0.15) is 13.7 Å².